The van der Waals surface area contributed by atoms with Gasteiger partial charge in [0.1, 0.15) is 6.79 Å². The SMILES string of the molecule is COC(=O)CCC1COCOC1. The van der Waals surface area contributed by atoms with Gasteiger partial charge in [-0.2, -0.15) is 0 Å². The van der Waals surface area contributed by atoms with Crippen molar-refractivity contribution in [3.8, 4) is 0 Å². The lowest BCUT2D eigenvalue weighted by Gasteiger charge is -2.21. The van der Waals surface area contributed by atoms with Crippen molar-refractivity contribution in [3.05, 3.63) is 0 Å². The van der Waals surface area contributed by atoms with E-state index in [0.717, 1.165) is 6.42 Å². The Morgan fingerprint density at radius 2 is 2.17 bits per heavy atom. The minimum Gasteiger partial charge on any atom is -0.469 e. The summed E-state index contributed by atoms with van der Waals surface area (Å²) < 4.78 is 14.7. The van der Waals surface area contributed by atoms with E-state index >= 15 is 0 Å². The summed E-state index contributed by atoms with van der Waals surface area (Å²) in [6, 6.07) is 0. The summed E-state index contributed by atoms with van der Waals surface area (Å²) in [7, 11) is 1.40. The molecule has 12 heavy (non-hydrogen) atoms. The fraction of sp³-hybridized carbons (Fsp3) is 0.875. The zero-order valence-corrected chi connectivity index (χ0v) is 7.25. The van der Waals surface area contributed by atoms with Gasteiger partial charge in [-0.15, -0.1) is 0 Å². The summed E-state index contributed by atoms with van der Waals surface area (Å²) in [4.78, 5) is 10.8. The molecule has 0 atom stereocenters. The van der Waals surface area contributed by atoms with Crippen LogP contribution in [0.15, 0.2) is 0 Å². The maximum absolute atomic E-state index is 10.8. The molecule has 0 radical (unpaired) electrons. The first-order chi connectivity index (χ1) is 5.83. The Balaban J connectivity index is 2.09. The minimum absolute atomic E-state index is 0.166. The minimum atomic E-state index is -0.166. The number of esters is 1. The fourth-order valence-corrected chi connectivity index (χ4v) is 1.13. The van der Waals surface area contributed by atoms with Gasteiger partial charge in [-0.05, 0) is 6.42 Å². The van der Waals surface area contributed by atoms with Crippen molar-refractivity contribution in [1.82, 2.24) is 0 Å². The van der Waals surface area contributed by atoms with Crippen LogP contribution >= 0.6 is 0 Å². The van der Waals surface area contributed by atoms with Crippen LogP contribution in [0.2, 0.25) is 0 Å². The monoisotopic (exact) mass is 174 g/mol. The predicted octanol–water partition coefficient (Wildman–Crippen LogP) is 0.560. The highest BCUT2D eigenvalue weighted by Gasteiger charge is 2.15. The maximum atomic E-state index is 10.8. The topological polar surface area (TPSA) is 44.8 Å². The number of ether oxygens (including phenoxy) is 3. The Bertz CT molecular complexity index is 140. The van der Waals surface area contributed by atoms with Crippen molar-refractivity contribution in [2.24, 2.45) is 5.92 Å². The number of methoxy groups -OCH3 is 1. The number of carbonyl (C=O) groups is 1. The Hall–Kier alpha value is -0.610. The lowest BCUT2D eigenvalue weighted by atomic mass is 10.1. The van der Waals surface area contributed by atoms with E-state index in [1.54, 1.807) is 0 Å². The molecule has 0 aromatic rings. The van der Waals surface area contributed by atoms with Gasteiger partial charge in [0.2, 0.25) is 0 Å². The van der Waals surface area contributed by atoms with Crippen LogP contribution < -0.4 is 0 Å². The molecule has 0 aromatic carbocycles. The zero-order valence-electron chi connectivity index (χ0n) is 7.25. The van der Waals surface area contributed by atoms with Crippen LogP contribution in [0.3, 0.4) is 0 Å². The predicted molar refractivity (Wildman–Crippen MR) is 41.5 cm³/mol. The van der Waals surface area contributed by atoms with Gasteiger partial charge in [-0.25, -0.2) is 0 Å². The van der Waals surface area contributed by atoms with Gasteiger partial charge in [0.25, 0.3) is 0 Å². The van der Waals surface area contributed by atoms with E-state index in [-0.39, 0.29) is 5.97 Å². The summed E-state index contributed by atoms with van der Waals surface area (Å²) in [6.07, 6.45) is 1.24. The van der Waals surface area contributed by atoms with Gasteiger partial charge in [0.05, 0.1) is 20.3 Å². The van der Waals surface area contributed by atoms with Crippen molar-refractivity contribution >= 4 is 5.97 Å². The van der Waals surface area contributed by atoms with Crippen molar-refractivity contribution in [1.29, 1.82) is 0 Å². The molecule has 0 spiro atoms. The molecule has 0 aromatic heterocycles. The van der Waals surface area contributed by atoms with Gasteiger partial charge in [0, 0.05) is 12.3 Å². The van der Waals surface area contributed by atoms with Crippen LogP contribution in [0.25, 0.3) is 0 Å². The van der Waals surface area contributed by atoms with E-state index in [1.807, 2.05) is 0 Å². The number of hydrogen-bond acceptors (Lipinski definition) is 4. The lowest BCUT2D eigenvalue weighted by molar-refractivity contribution is -0.144. The van der Waals surface area contributed by atoms with E-state index in [0.29, 0.717) is 32.3 Å². The quantitative estimate of drug-likeness (QED) is 0.586. The summed E-state index contributed by atoms with van der Waals surface area (Å²) in [5.74, 6) is 0.179. The normalized spacial score (nSPS) is 19.1. The molecule has 1 heterocycles. The average molecular weight is 174 g/mol. The van der Waals surface area contributed by atoms with Gasteiger partial charge in [-0.3, -0.25) is 4.79 Å². The van der Waals surface area contributed by atoms with Crippen LogP contribution in [-0.2, 0) is 19.0 Å². The first-order valence-corrected chi connectivity index (χ1v) is 4.05. The Labute approximate surface area is 71.8 Å². The molecule has 0 unspecified atom stereocenters. The molecule has 1 aliphatic heterocycles. The fourth-order valence-electron chi connectivity index (χ4n) is 1.13. The van der Waals surface area contributed by atoms with Crippen molar-refractivity contribution in [2.75, 3.05) is 27.1 Å². The molecule has 0 aliphatic carbocycles. The van der Waals surface area contributed by atoms with E-state index in [9.17, 15) is 4.79 Å². The molecule has 1 aliphatic rings. The molecule has 70 valence electrons. The Morgan fingerprint density at radius 1 is 1.50 bits per heavy atom. The number of hydrogen-bond donors (Lipinski definition) is 0. The van der Waals surface area contributed by atoms with E-state index in [1.165, 1.54) is 7.11 Å². The third-order valence-corrected chi connectivity index (χ3v) is 1.86. The molecule has 1 rings (SSSR count). The Morgan fingerprint density at radius 3 is 2.75 bits per heavy atom. The van der Waals surface area contributed by atoms with E-state index in [4.69, 9.17) is 9.47 Å². The molecule has 0 bridgehead atoms. The van der Waals surface area contributed by atoms with Gasteiger partial charge >= 0.3 is 5.97 Å². The maximum Gasteiger partial charge on any atom is 0.305 e. The summed E-state index contributed by atoms with van der Waals surface area (Å²) in [5, 5.41) is 0. The molecule has 0 N–H and O–H groups in total. The molecule has 0 amide bonds. The standard InChI is InChI=1S/C8H14O4/c1-10-8(9)3-2-7-4-11-6-12-5-7/h7H,2-6H2,1H3. The van der Waals surface area contributed by atoms with E-state index in [2.05, 4.69) is 4.74 Å². The number of carbonyl (C=O) groups excluding carboxylic acids is 1. The highest BCUT2D eigenvalue weighted by atomic mass is 16.7. The van der Waals surface area contributed by atoms with Crippen LogP contribution in [-0.4, -0.2) is 33.1 Å². The molecule has 4 nitrogen and oxygen atoms in total. The second-order valence-electron chi connectivity index (χ2n) is 2.84. The lowest BCUT2D eigenvalue weighted by Crippen LogP contribution is -2.24. The number of rotatable bonds is 3. The van der Waals surface area contributed by atoms with E-state index < -0.39 is 0 Å². The van der Waals surface area contributed by atoms with Crippen LogP contribution in [0, 0.1) is 5.92 Å². The third-order valence-electron chi connectivity index (χ3n) is 1.86. The van der Waals surface area contributed by atoms with Gasteiger partial charge in [0.15, 0.2) is 0 Å². The molecule has 0 saturated carbocycles. The molecular formula is C8H14O4. The van der Waals surface area contributed by atoms with Crippen LogP contribution in [0.5, 0.6) is 0 Å². The molecule has 1 fully saturated rings. The van der Waals surface area contributed by atoms with Crippen molar-refractivity contribution in [3.63, 3.8) is 0 Å². The molecule has 1 saturated heterocycles. The summed E-state index contributed by atoms with van der Waals surface area (Å²) >= 11 is 0. The van der Waals surface area contributed by atoms with Crippen LogP contribution in [0.1, 0.15) is 12.8 Å². The second-order valence-corrected chi connectivity index (χ2v) is 2.84. The van der Waals surface area contributed by atoms with Crippen molar-refractivity contribution in [2.45, 2.75) is 12.8 Å². The molecular weight excluding hydrogens is 160 g/mol. The smallest absolute Gasteiger partial charge is 0.305 e. The first kappa shape index (κ1) is 9.48. The van der Waals surface area contributed by atoms with Crippen molar-refractivity contribution < 1.29 is 19.0 Å². The Kier molecular flexibility index (Phi) is 4.04. The molecule has 4 heteroatoms. The summed E-state index contributed by atoms with van der Waals surface area (Å²) in [5.41, 5.74) is 0. The first-order valence-electron chi connectivity index (χ1n) is 4.05. The van der Waals surface area contributed by atoms with Gasteiger partial charge < -0.3 is 14.2 Å². The zero-order chi connectivity index (χ0) is 8.81. The largest absolute Gasteiger partial charge is 0.469 e. The van der Waals surface area contributed by atoms with Gasteiger partial charge in [-0.1, -0.05) is 0 Å². The highest BCUT2D eigenvalue weighted by molar-refractivity contribution is 5.69. The third kappa shape index (κ3) is 3.19. The highest BCUT2D eigenvalue weighted by Crippen LogP contribution is 2.12. The van der Waals surface area contributed by atoms with Crippen LogP contribution in [0.4, 0.5) is 0 Å². The summed E-state index contributed by atoms with van der Waals surface area (Å²) in [6.45, 7) is 1.77. The average Bonchev–Trinajstić information content (AvgIpc) is 2.16. The second kappa shape index (κ2) is 5.11.